The Kier molecular flexibility index (Phi) is 4.35. The van der Waals surface area contributed by atoms with E-state index in [-0.39, 0.29) is 0 Å². The standard InChI is InChI=1S/C9H12F2N2O4S2/c1-18(14,15)2-3-19(16,17)13-9-5-8(12)6(10)4-7(9)11/h4-5,13H,2-3,12H2,1H3. The average Bonchev–Trinajstić information content (AvgIpc) is 2.22. The summed E-state index contributed by atoms with van der Waals surface area (Å²) in [6.07, 6.45) is 0.874. The van der Waals surface area contributed by atoms with Crippen molar-refractivity contribution in [1.82, 2.24) is 0 Å². The number of hydrogen-bond donors (Lipinski definition) is 2. The molecule has 0 amide bonds. The molecule has 10 heteroatoms. The molecule has 0 aliphatic carbocycles. The molecule has 1 aromatic rings. The number of benzene rings is 1. The van der Waals surface area contributed by atoms with Crippen LogP contribution in [0.1, 0.15) is 0 Å². The maximum absolute atomic E-state index is 13.3. The summed E-state index contributed by atoms with van der Waals surface area (Å²) < 4.78 is 72.7. The third kappa shape index (κ3) is 4.99. The minimum absolute atomic E-state index is 0.429. The third-order valence-corrected chi connectivity index (χ3v) is 4.55. The summed E-state index contributed by atoms with van der Waals surface area (Å²) in [5, 5.41) is 0. The first-order chi connectivity index (χ1) is 8.50. The summed E-state index contributed by atoms with van der Waals surface area (Å²) in [4.78, 5) is 0. The Balaban J connectivity index is 2.93. The van der Waals surface area contributed by atoms with Crippen LogP contribution in [-0.2, 0) is 19.9 Å². The molecule has 0 radical (unpaired) electrons. The Morgan fingerprint density at radius 3 is 2.21 bits per heavy atom. The fourth-order valence-electron chi connectivity index (χ4n) is 1.12. The molecule has 0 aliphatic rings. The van der Waals surface area contributed by atoms with Gasteiger partial charge in [-0.15, -0.1) is 0 Å². The Bertz CT molecular complexity index is 686. The number of sulfonamides is 1. The molecule has 0 unspecified atom stereocenters. The largest absolute Gasteiger partial charge is 0.396 e. The Labute approximate surface area is 109 Å². The fourth-order valence-corrected chi connectivity index (χ4v) is 3.81. The highest BCUT2D eigenvalue weighted by Crippen LogP contribution is 2.22. The van der Waals surface area contributed by atoms with Crippen LogP contribution in [-0.4, -0.2) is 34.6 Å². The van der Waals surface area contributed by atoms with Crippen molar-refractivity contribution in [3.63, 3.8) is 0 Å². The van der Waals surface area contributed by atoms with Crippen molar-refractivity contribution >= 4 is 31.2 Å². The smallest absolute Gasteiger partial charge is 0.233 e. The van der Waals surface area contributed by atoms with Crippen LogP contribution in [0.15, 0.2) is 12.1 Å². The van der Waals surface area contributed by atoms with E-state index >= 15 is 0 Å². The van der Waals surface area contributed by atoms with Crippen LogP contribution in [0.2, 0.25) is 0 Å². The van der Waals surface area contributed by atoms with Crippen molar-refractivity contribution in [3.05, 3.63) is 23.8 Å². The lowest BCUT2D eigenvalue weighted by molar-refractivity contribution is 0.585. The molecule has 0 atom stereocenters. The molecular weight excluding hydrogens is 302 g/mol. The summed E-state index contributed by atoms with van der Waals surface area (Å²) in [7, 11) is -7.54. The quantitative estimate of drug-likeness (QED) is 0.762. The van der Waals surface area contributed by atoms with Gasteiger partial charge in [-0.2, -0.15) is 0 Å². The van der Waals surface area contributed by atoms with E-state index in [1.807, 2.05) is 4.72 Å². The van der Waals surface area contributed by atoms with Gasteiger partial charge in [0.1, 0.15) is 21.5 Å². The van der Waals surface area contributed by atoms with Crippen molar-refractivity contribution < 1.29 is 25.6 Å². The maximum Gasteiger partial charge on any atom is 0.233 e. The summed E-state index contributed by atoms with van der Waals surface area (Å²) in [6, 6.07) is 1.21. The minimum atomic E-state index is -4.07. The third-order valence-electron chi connectivity index (χ3n) is 2.07. The van der Waals surface area contributed by atoms with E-state index in [1.165, 1.54) is 0 Å². The van der Waals surface area contributed by atoms with Gasteiger partial charge in [0.25, 0.3) is 0 Å². The Morgan fingerprint density at radius 2 is 1.68 bits per heavy atom. The molecular formula is C9H12F2N2O4S2. The summed E-state index contributed by atoms with van der Waals surface area (Å²) in [6.45, 7) is 0. The fraction of sp³-hybridized carbons (Fsp3) is 0.333. The molecule has 19 heavy (non-hydrogen) atoms. The lowest BCUT2D eigenvalue weighted by atomic mass is 10.2. The normalized spacial score (nSPS) is 12.4. The van der Waals surface area contributed by atoms with E-state index in [1.54, 1.807) is 0 Å². The van der Waals surface area contributed by atoms with Gasteiger partial charge in [0.2, 0.25) is 10.0 Å². The number of rotatable bonds is 5. The molecule has 0 saturated heterocycles. The van der Waals surface area contributed by atoms with Crippen LogP contribution < -0.4 is 10.5 Å². The van der Waals surface area contributed by atoms with Crippen LogP contribution in [0.3, 0.4) is 0 Å². The summed E-state index contributed by atoms with van der Waals surface area (Å²) in [5.41, 5.74) is 4.22. The first-order valence-corrected chi connectivity index (χ1v) is 8.64. The lowest BCUT2D eigenvalue weighted by Gasteiger charge is -2.09. The predicted molar refractivity (Wildman–Crippen MR) is 67.9 cm³/mol. The van der Waals surface area contributed by atoms with Crippen LogP contribution in [0.4, 0.5) is 20.2 Å². The predicted octanol–water partition coefficient (Wildman–Crippen LogP) is 0.333. The minimum Gasteiger partial charge on any atom is -0.396 e. The van der Waals surface area contributed by atoms with E-state index in [4.69, 9.17) is 5.73 Å². The van der Waals surface area contributed by atoms with Gasteiger partial charge in [-0.25, -0.2) is 25.6 Å². The summed E-state index contributed by atoms with van der Waals surface area (Å²) >= 11 is 0. The number of nitrogens with one attached hydrogen (secondary N) is 1. The highest BCUT2D eigenvalue weighted by atomic mass is 32.2. The van der Waals surface area contributed by atoms with E-state index < -0.39 is 54.4 Å². The molecule has 0 fully saturated rings. The number of hydrogen-bond acceptors (Lipinski definition) is 5. The van der Waals surface area contributed by atoms with Gasteiger partial charge in [-0.05, 0) is 6.07 Å². The molecule has 0 bridgehead atoms. The highest BCUT2D eigenvalue weighted by molar-refractivity contribution is 7.95. The number of anilines is 2. The van der Waals surface area contributed by atoms with Crippen LogP contribution in [0.5, 0.6) is 0 Å². The van der Waals surface area contributed by atoms with E-state index in [9.17, 15) is 25.6 Å². The number of halogens is 2. The van der Waals surface area contributed by atoms with Crippen molar-refractivity contribution in [2.45, 2.75) is 0 Å². The van der Waals surface area contributed by atoms with E-state index in [2.05, 4.69) is 0 Å². The molecule has 1 aromatic carbocycles. The van der Waals surface area contributed by atoms with Gasteiger partial charge in [-0.1, -0.05) is 0 Å². The van der Waals surface area contributed by atoms with Gasteiger partial charge >= 0.3 is 0 Å². The monoisotopic (exact) mass is 314 g/mol. The van der Waals surface area contributed by atoms with E-state index in [0.29, 0.717) is 6.07 Å². The Morgan fingerprint density at radius 1 is 1.11 bits per heavy atom. The first kappa shape index (κ1) is 15.6. The van der Waals surface area contributed by atoms with Crippen LogP contribution >= 0.6 is 0 Å². The molecule has 3 N–H and O–H groups in total. The summed E-state index contributed by atoms with van der Waals surface area (Å²) in [5.74, 6) is -3.50. The van der Waals surface area contributed by atoms with Crippen molar-refractivity contribution in [2.24, 2.45) is 0 Å². The maximum atomic E-state index is 13.3. The second-order valence-electron chi connectivity index (χ2n) is 3.90. The average molecular weight is 314 g/mol. The van der Waals surface area contributed by atoms with Gasteiger partial charge < -0.3 is 5.73 Å². The van der Waals surface area contributed by atoms with Crippen LogP contribution in [0, 0.1) is 11.6 Å². The molecule has 0 heterocycles. The van der Waals surface area contributed by atoms with Gasteiger partial charge in [0, 0.05) is 12.3 Å². The van der Waals surface area contributed by atoms with Gasteiger partial charge in [0.05, 0.1) is 22.9 Å². The zero-order valence-electron chi connectivity index (χ0n) is 9.85. The van der Waals surface area contributed by atoms with Crippen molar-refractivity contribution in [2.75, 3.05) is 28.2 Å². The SMILES string of the molecule is CS(=O)(=O)CCS(=O)(=O)Nc1cc(N)c(F)cc1F. The van der Waals surface area contributed by atoms with Crippen molar-refractivity contribution in [1.29, 1.82) is 0 Å². The van der Waals surface area contributed by atoms with Gasteiger partial charge in [-0.3, -0.25) is 4.72 Å². The highest BCUT2D eigenvalue weighted by Gasteiger charge is 2.17. The molecule has 6 nitrogen and oxygen atoms in total. The number of sulfone groups is 1. The lowest BCUT2D eigenvalue weighted by Crippen LogP contribution is -2.23. The molecule has 108 valence electrons. The zero-order valence-corrected chi connectivity index (χ0v) is 11.5. The molecule has 0 aliphatic heterocycles. The van der Waals surface area contributed by atoms with Crippen molar-refractivity contribution in [3.8, 4) is 0 Å². The molecule has 1 rings (SSSR count). The second kappa shape index (κ2) is 5.29. The number of nitrogens with two attached hydrogens (primary N) is 1. The molecule has 0 saturated carbocycles. The zero-order chi connectivity index (χ0) is 14.8. The first-order valence-electron chi connectivity index (χ1n) is 4.93. The van der Waals surface area contributed by atoms with Crippen LogP contribution in [0.25, 0.3) is 0 Å². The molecule has 0 aromatic heterocycles. The topological polar surface area (TPSA) is 106 Å². The Hall–Kier alpha value is -1.42. The van der Waals surface area contributed by atoms with Gasteiger partial charge in [0.15, 0.2) is 0 Å². The van der Waals surface area contributed by atoms with E-state index in [0.717, 1.165) is 12.3 Å². The molecule has 0 spiro atoms. The second-order valence-corrected chi connectivity index (χ2v) is 8.01. The number of nitrogen functional groups attached to an aromatic ring is 1.